The standard InChI is InChI=1S/C25H32N2O4/c1-25(23(28)13-12-20-8-5-6-11-22(20)31-25)24(29)30-19-7-14-26-15-17-27(18-16-26)21-9-3-2-4-10-21/h2-6,8-11,23,28H,7,12-19H2,1H3. The molecule has 0 aromatic heterocycles. The summed E-state index contributed by atoms with van der Waals surface area (Å²) in [5, 5.41) is 10.6. The molecule has 6 nitrogen and oxygen atoms in total. The summed E-state index contributed by atoms with van der Waals surface area (Å²) in [6.07, 6.45) is 1.00. The number of anilines is 1. The molecule has 2 aromatic rings. The zero-order valence-electron chi connectivity index (χ0n) is 18.2. The molecule has 1 fully saturated rings. The van der Waals surface area contributed by atoms with Crippen molar-refractivity contribution < 1.29 is 19.4 Å². The Morgan fingerprint density at radius 2 is 1.81 bits per heavy atom. The minimum atomic E-state index is -1.38. The van der Waals surface area contributed by atoms with Gasteiger partial charge >= 0.3 is 5.97 Å². The van der Waals surface area contributed by atoms with Crippen molar-refractivity contribution in [1.82, 2.24) is 4.90 Å². The van der Waals surface area contributed by atoms with Crippen LogP contribution in [0.2, 0.25) is 0 Å². The number of esters is 1. The third kappa shape index (κ3) is 5.02. The van der Waals surface area contributed by atoms with E-state index < -0.39 is 17.7 Å². The van der Waals surface area contributed by atoms with Gasteiger partial charge in [-0.25, -0.2) is 4.79 Å². The second kappa shape index (κ2) is 9.71. The number of fused-ring (bicyclic) bond motifs is 1. The third-order valence-corrected chi connectivity index (χ3v) is 6.37. The first-order chi connectivity index (χ1) is 15.1. The average Bonchev–Trinajstić information content (AvgIpc) is 2.94. The molecule has 0 aliphatic carbocycles. The minimum Gasteiger partial charge on any atom is -0.473 e. The second-order valence-electron chi connectivity index (χ2n) is 8.53. The number of carbonyl (C=O) groups is 1. The van der Waals surface area contributed by atoms with Crippen molar-refractivity contribution in [2.45, 2.75) is 37.9 Å². The molecule has 2 atom stereocenters. The van der Waals surface area contributed by atoms with Crippen LogP contribution in [0.25, 0.3) is 0 Å². The molecule has 0 amide bonds. The molecule has 0 spiro atoms. The minimum absolute atomic E-state index is 0.324. The zero-order valence-corrected chi connectivity index (χ0v) is 18.2. The molecule has 2 unspecified atom stereocenters. The molecule has 0 bridgehead atoms. The maximum absolute atomic E-state index is 12.8. The van der Waals surface area contributed by atoms with E-state index in [2.05, 4.69) is 34.1 Å². The van der Waals surface area contributed by atoms with Gasteiger partial charge in [-0.3, -0.25) is 4.90 Å². The lowest BCUT2D eigenvalue weighted by atomic mass is 9.95. The van der Waals surface area contributed by atoms with Crippen LogP contribution in [0.15, 0.2) is 54.6 Å². The fourth-order valence-electron chi connectivity index (χ4n) is 4.32. The molecule has 2 aliphatic heterocycles. The highest BCUT2D eigenvalue weighted by Gasteiger charge is 2.46. The van der Waals surface area contributed by atoms with Gasteiger partial charge in [0.2, 0.25) is 5.60 Å². The number of carbonyl (C=O) groups excluding carboxylic acids is 1. The molecule has 4 rings (SSSR count). The predicted molar refractivity (Wildman–Crippen MR) is 120 cm³/mol. The van der Waals surface area contributed by atoms with Gasteiger partial charge in [-0.05, 0) is 49.9 Å². The van der Waals surface area contributed by atoms with Crippen LogP contribution < -0.4 is 9.64 Å². The largest absolute Gasteiger partial charge is 0.473 e. The first-order valence-electron chi connectivity index (χ1n) is 11.2. The van der Waals surface area contributed by atoms with Crippen LogP contribution in [-0.2, 0) is 16.0 Å². The highest BCUT2D eigenvalue weighted by Crippen LogP contribution is 2.32. The Hall–Kier alpha value is -2.57. The van der Waals surface area contributed by atoms with E-state index in [1.54, 1.807) is 6.92 Å². The molecule has 1 saturated heterocycles. The summed E-state index contributed by atoms with van der Waals surface area (Å²) in [6, 6.07) is 18.1. The number of hydrogen-bond donors (Lipinski definition) is 1. The van der Waals surface area contributed by atoms with Gasteiger partial charge in [0.05, 0.1) is 6.61 Å². The van der Waals surface area contributed by atoms with Crippen LogP contribution in [0.4, 0.5) is 5.69 Å². The van der Waals surface area contributed by atoms with Gasteiger partial charge in [0.1, 0.15) is 11.9 Å². The van der Waals surface area contributed by atoms with Crippen molar-refractivity contribution >= 4 is 11.7 Å². The normalized spacial score (nSPS) is 24.1. The van der Waals surface area contributed by atoms with Crippen molar-refractivity contribution in [2.24, 2.45) is 0 Å². The Morgan fingerprint density at radius 3 is 2.58 bits per heavy atom. The Balaban J connectivity index is 1.22. The first-order valence-corrected chi connectivity index (χ1v) is 11.2. The summed E-state index contributed by atoms with van der Waals surface area (Å²) >= 11 is 0. The second-order valence-corrected chi connectivity index (χ2v) is 8.53. The summed E-state index contributed by atoms with van der Waals surface area (Å²) in [4.78, 5) is 17.6. The van der Waals surface area contributed by atoms with Crippen LogP contribution in [0, 0.1) is 0 Å². The number of aliphatic hydroxyl groups is 1. The third-order valence-electron chi connectivity index (χ3n) is 6.37. The van der Waals surface area contributed by atoms with Crippen molar-refractivity contribution in [3.8, 4) is 5.75 Å². The number of aryl methyl sites for hydroxylation is 1. The van der Waals surface area contributed by atoms with Crippen LogP contribution in [0.5, 0.6) is 5.75 Å². The quantitative estimate of drug-likeness (QED) is 0.568. The van der Waals surface area contributed by atoms with E-state index in [0.29, 0.717) is 25.2 Å². The van der Waals surface area contributed by atoms with Gasteiger partial charge in [-0.2, -0.15) is 0 Å². The molecule has 0 radical (unpaired) electrons. The molecule has 166 valence electrons. The van der Waals surface area contributed by atoms with Crippen molar-refractivity contribution in [2.75, 3.05) is 44.2 Å². The van der Waals surface area contributed by atoms with Crippen LogP contribution in [0.3, 0.4) is 0 Å². The molecule has 0 saturated carbocycles. The van der Waals surface area contributed by atoms with E-state index in [4.69, 9.17) is 9.47 Å². The van der Waals surface area contributed by atoms with E-state index in [1.807, 2.05) is 30.3 Å². The van der Waals surface area contributed by atoms with Crippen molar-refractivity contribution in [1.29, 1.82) is 0 Å². The Morgan fingerprint density at radius 1 is 1.10 bits per heavy atom. The highest BCUT2D eigenvalue weighted by molar-refractivity contribution is 5.80. The van der Waals surface area contributed by atoms with E-state index in [9.17, 15) is 9.90 Å². The van der Waals surface area contributed by atoms with Gasteiger partial charge in [0, 0.05) is 38.4 Å². The summed E-state index contributed by atoms with van der Waals surface area (Å²) in [7, 11) is 0. The van der Waals surface area contributed by atoms with Crippen LogP contribution in [-0.4, -0.2) is 67.0 Å². The lowest BCUT2D eigenvalue weighted by Gasteiger charge is -2.36. The van der Waals surface area contributed by atoms with E-state index in [0.717, 1.165) is 44.7 Å². The smallest absolute Gasteiger partial charge is 0.352 e. The number of para-hydroxylation sites is 2. The number of hydrogen-bond acceptors (Lipinski definition) is 6. The van der Waals surface area contributed by atoms with Gasteiger partial charge in [0.15, 0.2) is 0 Å². The van der Waals surface area contributed by atoms with Crippen molar-refractivity contribution in [3.63, 3.8) is 0 Å². The monoisotopic (exact) mass is 424 g/mol. The van der Waals surface area contributed by atoms with Crippen LogP contribution >= 0.6 is 0 Å². The Kier molecular flexibility index (Phi) is 6.78. The molecule has 2 aromatic carbocycles. The number of piperazine rings is 1. The van der Waals surface area contributed by atoms with Gasteiger partial charge in [-0.15, -0.1) is 0 Å². The molecule has 6 heteroatoms. The summed E-state index contributed by atoms with van der Waals surface area (Å²) in [6.45, 7) is 6.84. The topological polar surface area (TPSA) is 62.2 Å². The van der Waals surface area contributed by atoms with Gasteiger partial charge in [0.25, 0.3) is 0 Å². The number of nitrogens with zero attached hydrogens (tertiary/aromatic N) is 2. The lowest BCUT2D eigenvalue weighted by molar-refractivity contribution is -0.170. The zero-order chi connectivity index (χ0) is 21.7. The molecule has 2 heterocycles. The summed E-state index contributed by atoms with van der Waals surface area (Å²) in [5.41, 5.74) is 0.897. The Labute approximate surface area is 184 Å². The Bertz CT molecular complexity index is 867. The predicted octanol–water partition coefficient (Wildman–Crippen LogP) is 2.89. The molecule has 31 heavy (non-hydrogen) atoms. The number of rotatable bonds is 6. The van der Waals surface area contributed by atoms with E-state index >= 15 is 0 Å². The van der Waals surface area contributed by atoms with E-state index in [-0.39, 0.29) is 0 Å². The maximum Gasteiger partial charge on any atom is 0.352 e. The number of aliphatic hydroxyl groups excluding tert-OH is 1. The number of benzene rings is 2. The lowest BCUT2D eigenvalue weighted by Crippen LogP contribution is -2.52. The van der Waals surface area contributed by atoms with Gasteiger partial charge < -0.3 is 19.5 Å². The summed E-state index contributed by atoms with van der Waals surface area (Å²) < 4.78 is 11.5. The molecule has 1 N–H and O–H groups in total. The maximum atomic E-state index is 12.8. The highest BCUT2D eigenvalue weighted by atomic mass is 16.6. The van der Waals surface area contributed by atoms with Crippen LogP contribution in [0.1, 0.15) is 25.3 Å². The molecule has 2 aliphatic rings. The molecular formula is C25H32N2O4. The first kappa shape index (κ1) is 21.7. The fraction of sp³-hybridized carbons (Fsp3) is 0.480. The summed E-state index contributed by atoms with van der Waals surface area (Å²) in [5.74, 6) is 0.153. The fourth-order valence-corrected chi connectivity index (χ4v) is 4.32. The molecular weight excluding hydrogens is 392 g/mol. The number of ether oxygens (including phenoxy) is 2. The van der Waals surface area contributed by atoms with Gasteiger partial charge in [-0.1, -0.05) is 36.4 Å². The van der Waals surface area contributed by atoms with E-state index in [1.165, 1.54) is 5.69 Å². The van der Waals surface area contributed by atoms with Crippen molar-refractivity contribution in [3.05, 3.63) is 60.2 Å². The SMILES string of the molecule is CC1(C(=O)OCCCN2CCN(c3ccccc3)CC2)Oc2ccccc2CCC1O. The average molecular weight is 425 g/mol.